The SMILES string of the molecule is Cn1ccnc1C(NC(=O)NC1CCCCC1)c1ccccc1Cl. The van der Waals surface area contributed by atoms with Crippen LogP contribution >= 0.6 is 11.6 Å². The highest BCUT2D eigenvalue weighted by atomic mass is 35.5. The van der Waals surface area contributed by atoms with E-state index in [2.05, 4.69) is 15.6 Å². The summed E-state index contributed by atoms with van der Waals surface area (Å²) < 4.78 is 1.90. The maximum absolute atomic E-state index is 12.5. The summed E-state index contributed by atoms with van der Waals surface area (Å²) in [5.74, 6) is 0.752. The van der Waals surface area contributed by atoms with Crippen LogP contribution in [0.2, 0.25) is 5.02 Å². The Kier molecular flexibility index (Phi) is 5.41. The van der Waals surface area contributed by atoms with Gasteiger partial charge >= 0.3 is 6.03 Å². The molecule has 1 aliphatic carbocycles. The number of amides is 2. The van der Waals surface area contributed by atoms with Crippen LogP contribution in [0, 0.1) is 0 Å². The van der Waals surface area contributed by atoms with Crippen LogP contribution in [0.15, 0.2) is 36.7 Å². The minimum absolute atomic E-state index is 0.171. The van der Waals surface area contributed by atoms with Crippen LogP contribution in [0.4, 0.5) is 4.79 Å². The summed E-state index contributed by atoms with van der Waals surface area (Å²) in [4.78, 5) is 16.9. The molecule has 1 aromatic carbocycles. The van der Waals surface area contributed by atoms with Crippen LogP contribution in [-0.2, 0) is 7.05 Å². The fraction of sp³-hybridized carbons (Fsp3) is 0.444. The average Bonchev–Trinajstić information content (AvgIpc) is 3.00. The lowest BCUT2D eigenvalue weighted by atomic mass is 9.96. The van der Waals surface area contributed by atoms with E-state index in [1.807, 2.05) is 42.1 Å². The Morgan fingerprint density at radius 2 is 2.04 bits per heavy atom. The molecule has 1 fully saturated rings. The Labute approximate surface area is 147 Å². The lowest BCUT2D eigenvalue weighted by Gasteiger charge is -2.25. The molecular formula is C18H23ClN4O. The molecule has 1 aliphatic rings. The first-order chi connectivity index (χ1) is 11.6. The first-order valence-corrected chi connectivity index (χ1v) is 8.81. The molecule has 1 saturated carbocycles. The van der Waals surface area contributed by atoms with Gasteiger partial charge in [0.25, 0.3) is 0 Å². The number of hydrogen-bond acceptors (Lipinski definition) is 2. The maximum atomic E-state index is 12.5. The van der Waals surface area contributed by atoms with Gasteiger partial charge in [0.15, 0.2) is 0 Å². The molecule has 2 amide bonds. The topological polar surface area (TPSA) is 59.0 Å². The molecule has 0 saturated heterocycles. The Bertz CT molecular complexity index is 694. The number of aromatic nitrogens is 2. The summed E-state index contributed by atoms with van der Waals surface area (Å²) in [6.07, 6.45) is 9.30. The Hall–Kier alpha value is -2.01. The standard InChI is InChI=1S/C18H23ClN4O/c1-23-12-11-20-17(23)16(14-9-5-6-10-15(14)19)22-18(24)21-13-7-3-2-4-8-13/h5-6,9-13,16H,2-4,7-8H2,1H3,(H2,21,22,24). The van der Waals surface area contributed by atoms with E-state index in [1.165, 1.54) is 19.3 Å². The molecule has 128 valence electrons. The van der Waals surface area contributed by atoms with Crippen LogP contribution in [0.25, 0.3) is 0 Å². The Morgan fingerprint density at radius 1 is 1.29 bits per heavy atom. The molecule has 6 heteroatoms. The van der Waals surface area contributed by atoms with Gasteiger partial charge in [-0.05, 0) is 18.9 Å². The van der Waals surface area contributed by atoms with E-state index in [-0.39, 0.29) is 18.1 Å². The first kappa shape index (κ1) is 16.8. The van der Waals surface area contributed by atoms with Gasteiger partial charge in [-0.25, -0.2) is 9.78 Å². The minimum atomic E-state index is -0.387. The predicted octanol–water partition coefficient (Wildman–Crippen LogP) is 3.79. The fourth-order valence-electron chi connectivity index (χ4n) is 3.25. The lowest BCUT2D eigenvalue weighted by Crippen LogP contribution is -2.44. The van der Waals surface area contributed by atoms with Crippen molar-refractivity contribution in [3.63, 3.8) is 0 Å². The summed E-state index contributed by atoms with van der Waals surface area (Å²) in [6.45, 7) is 0. The van der Waals surface area contributed by atoms with E-state index in [4.69, 9.17) is 11.6 Å². The van der Waals surface area contributed by atoms with Crippen molar-refractivity contribution in [3.05, 3.63) is 53.1 Å². The average molecular weight is 347 g/mol. The molecule has 0 radical (unpaired) electrons. The first-order valence-electron chi connectivity index (χ1n) is 8.44. The summed E-state index contributed by atoms with van der Waals surface area (Å²) in [5.41, 5.74) is 0.840. The van der Waals surface area contributed by atoms with Gasteiger partial charge in [0.1, 0.15) is 11.9 Å². The van der Waals surface area contributed by atoms with Gasteiger partial charge in [-0.15, -0.1) is 0 Å². The molecule has 0 bridgehead atoms. The molecule has 1 aromatic heterocycles. The predicted molar refractivity (Wildman–Crippen MR) is 95.0 cm³/mol. The van der Waals surface area contributed by atoms with E-state index >= 15 is 0 Å². The van der Waals surface area contributed by atoms with Crippen molar-refractivity contribution < 1.29 is 4.79 Å². The molecule has 1 heterocycles. The zero-order chi connectivity index (χ0) is 16.9. The summed E-state index contributed by atoms with van der Waals surface area (Å²) in [6, 6.07) is 7.24. The van der Waals surface area contributed by atoms with E-state index < -0.39 is 0 Å². The van der Waals surface area contributed by atoms with Crippen LogP contribution in [0.3, 0.4) is 0 Å². The number of rotatable bonds is 4. The van der Waals surface area contributed by atoms with Gasteiger partial charge in [-0.1, -0.05) is 49.1 Å². The third-order valence-electron chi connectivity index (χ3n) is 4.55. The lowest BCUT2D eigenvalue weighted by molar-refractivity contribution is 0.230. The van der Waals surface area contributed by atoms with E-state index in [0.717, 1.165) is 24.2 Å². The molecule has 24 heavy (non-hydrogen) atoms. The summed E-state index contributed by atoms with van der Waals surface area (Å²) in [7, 11) is 1.91. The Morgan fingerprint density at radius 3 is 2.71 bits per heavy atom. The fourth-order valence-corrected chi connectivity index (χ4v) is 3.50. The van der Waals surface area contributed by atoms with Gasteiger partial charge in [0, 0.05) is 36.1 Å². The van der Waals surface area contributed by atoms with Crippen LogP contribution in [0.5, 0.6) is 0 Å². The normalized spacial score (nSPS) is 16.6. The maximum Gasteiger partial charge on any atom is 0.315 e. The van der Waals surface area contributed by atoms with Gasteiger partial charge in [-0.2, -0.15) is 0 Å². The Balaban J connectivity index is 1.79. The molecule has 1 unspecified atom stereocenters. The number of carbonyl (C=O) groups excluding carboxylic acids is 1. The molecule has 2 N–H and O–H groups in total. The number of benzene rings is 1. The second-order valence-electron chi connectivity index (χ2n) is 6.30. The number of carbonyl (C=O) groups is 1. The van der Waals surface area contributed by atoms with Crippen LogP contribution in [0.1, 0.15) is 49.5 Å². The summed E-state index contributed by atoms with van der Waals surface area (Å²) >= 11 is 6.35. The van der Waals surface area contributed by atoms with Gasteiger partial charge in [0.2, 0.25) is 0 Å². The van der Waals surface area contributed by atoms with E-state index in [9.17, 15) is 4.79 Å². The molecule has 3 rings (SSSR count). The van der Waals surface area contributed by atoms with Crippen molar-refractivity contribution in [3.8, 4) is 0 Å². The van der Waals surface area contributed by atoms with Gasteiger partial charge < -0.3 is 15.2 Å². The number of halogens is 1. The molecule has 5 nitrogen and oxygen atoms in total. The molecule has 2 aromatic rings. The van der Waals surface area contributed by atoms with Crippen LogP contribution in [-0.4, -0.2) is 21.6 Å². The molecular weight excluding hydrogens is 324 g/mol. The zero-order valence-electron chi connectivity index (χ0n) is 13.8. The van der Waals surface area contributed by atoms with E-state index in [0.29, 0.717) is 5.02 Å². The van der Waals surface area contributed by atoms with Gasteiger partial charge in [0.05, 0.1) is 0 Å². The molecule has 0 aliphatic heterocycles. The monoisotopic (exact) mass is 346 g/mol. The number of hydrogen-bond donors (Lipinski definition) is 2. The van der Waals surface area contributed by atoms with E-state index in [1.54, 1.807) is 6.20 Å². The van der Waals surface area contributed by atoms with Crippen molar-refractivity contribution in [1.29, 1.82) is 0 Å². The minimum Gasteiger partial charge on any atom is -0.336 e. The second-order valence-corrected chi connectivity index (χ2v) is 6.71. The highest BCUT2D eigenvalue weighted by Crippen LogP contribution is 2.27. The highest BCUT2D eigenvalue weighted by Gasteiger charge is 2.24. The van der Waals surface area contributed by atoms with Gasteiger partial charge in [-0.3, -0.25) is 0 Å². The number of aryl methyl sites for hydroxylation is 1. The van der Waals surface area contributed by atoms with Crippen molar-refractivity contribution in [2.24, 2.45) is 7.05 Å². The van der Waals surface area contributed by atoms with Crippen molar-refractivity contribution >= 4 is 17.6 Å². The quantitative estimate of drug-likeness (QED) is 0.884. The second kappa shape index (κ2) is 7.71. The number of imidazole rings is 1. The van der Waals surface area contributed by atoms with Crippen molar-refractivity contribution in [2.75, 3.05) is 0 Å². The third-order valence-corrected chi connectivity index (χ3v) is 4.89. The molecule has 1 atom stereocenters. The van der Waals surface area contributed by atoms with Crippen molar-refractivity contribution in [1.82, 2.24) is 20.2 Å². The number of nitrogens with one attached hydrogen (secondary N) is 2. The third kappa shape index (κ3) is 3.90. The number of nitrogens with zero attached hydrogens (tertiary/aromatic N) is 2. The smallest absolute Gasteiger partial charge is 0.315 e. The zero-order valence-corrected chi connectivity index (χ0v) is 14.6. The largest absolute Gasteiger partial charge is 0.336 e. The highest BCUT2D eigenvalue weighted by molar-refractivity contribution is 6.31. The summed E-state index contributed by atoms with van der Waals surface area (Å²) in [5, 5.41) is 6.75. The number of urea groups is 1. The van der Waals surface area contributed by atoms with Crippen LogP contribution < -0.4 is 10.6 Å². The molecule has 0 spiro atoms. The van der Waals surface area contributed by atoms with Crippen molar-refractivity contribution in [2.45, 2.75) is 44.2 Å².